The van der Waals surface area contributed by atoms with Gasteiger partial charge in [0, 0.05) is 12.0 Å². The minimum Gasteiger partial charge on any atom is -0.399 e. The van der Waals surface area contributed by atoms with Crippen LogP contribution >= 0.6 is 0 Å². The van der Waals surface area contributed by atoms with E-state index in [0.717, 1.165) is 18.6 Å². The van der Waals surface area contributed by atoms with Crippen LogP contribution in [0.3, 0.4) is 0 Å². The molecular weight excluding hydrogens is 370 g/mol. The van der Waals surface area contributed by atoms with E-state index in [1.807, 2.05) is 18.2 Å². The normalized spacial score (nSPS) is 25.9. The third kappa shape index (κ3) is 3.08. The molecule has 1 aromatic carbocycles. The van der Waals surface area contributed by atoms with Gasteiger partial charge in [-0.3, -0.25) is 0 Å². The van der Waals surface area contributed by atoms with Gasteiger partial charge in [-0.15, -0.1) is 0 Å². The average molecular weight is 392 g/mol. The Labute approximate surface area is 169 Å². The van der Waals surface area contributed by atoms with Gasteiger partial charge in [0.15, 0.2) is 5.41 Å². The molecule has 3 atom stereocenters. The van der Waals surface area contributed by atoms with E-state index in [2.05, 4.69) is 26.8 Å². The maximum absolute atomic E-state index is 14.8. The lowest BCUT2D eigenvalue weighted by atomic mass is 9.54. The van der Waals surface area contributed by atoms with E-state index in [4.69, 9.17) is 5.73 Å². The summed E-state index contributed by atoms with van der Waals surface area (Å²) in [7, 11) is 0. The molecule has 0 saturated carbocycles. The van der Waals surface area contributed by atoms with Gasteiger partial charge in [-0.25, -0.2) is 8.78 Å². The maximum atomic E-state index is 14.8. The largest absolute Gasteiger partial charge is 0.399 e. The van der Waals surface area contributed by atoms with E-state index in [1.54, 1.807) is 0 Å². The van der Waals surface area contributed by atoms with Crippen LogP contribution < -0.4 is 5.73 Å². The SMILES string of the molecule is CC(C)(C)[C@@H]1CC=C2C(C#N)=C(N)C(C#N)(C#N)[C@H](c3ccc(F)cc3F)[C@@H]2C1. The maximum Gasteiger partial charge on any atom is 0.191 e. The molecule has 1 aromatic rings. The summed E-state index contributed by atoms with van der Waals surface area (Å²) < 4.78 is 28.4. The molecule has 0 heterocycles. The number of nitrogens with two attached hydrogens (primary N) is 1. The van der Waals surface area contributed by atoms with Crippen LogP contribution in [0.5, 0.6) is 0 Å². The lowest BCUT2D eigenvalue weighted by Gasteiger charge is -2.47. The highest BCUT2D eigenvalue weighted by molar-refractivity contribution is 5.59. The van der Waals surface area contributed by atoms with E-state index in [0.29, 0.717) is 12.0 Å². The summed E-state index contributed by atoms with van der Waals surface area (Å²) in [5, 5.41) is 29.7. The van der Waals surface area contributed by atoms with E-state index < -0.39 is 28.9 Å². The van der Waals surface area contributed by atoms with Crippen LogP contribution in [0.15, 0.2) is 41.1 Å². The van der Waals surface area contributed by atoms with Crippen LogP contribution in [0.2, 0.25) is 0 Å². The van der Waals surface area contributed by atoms with Gasteiger partial charge in [0.1, 0.15) is 17.7 Å². The molecule has 2 aliphatic rings. The molecule has 0 fully saturated rings. The second-order valence-electron chi connectivity index (χ2n) is 8.88. The monoisotopic (exact) mass is 392 g/mol. The molecule has 0 radical (unpaired) electrons. The van der Waals surface area contributed by atoms with Crippen molar-refractivity contribution in [3.63, 3.8) is 0 Å². The Morgan fingerprint density at radius 1 is 1.14 bits per heavy atom. The molecule has 29 heavy (non-hydrogen) atoms. The summed E-state index contributed by atoms with van der Waals surface area (Å²) >= 11 is 0. The fourth-order valence-corrected chi connectivity index (χ4v) is 4.70. The molecule has 2 N–H and O–H groups in total. The highest BCUT2D eigenvalue weighted by Gasteiger charge is 2.55. The van der Waals surface area contributed by atoms with Crippen LogP contribution in [0.4, 0.5) is 8.78 Å². The molecule has 0 unspecified atom stereocenters. The van der Waals surface area contributed by atoms with Gasteiger partial charge in [0.25, 0.3) is 0 Å². The van der Waals surface area contributed by atoms with Gasteiger partial charge in [-0.2, -0.15) is 15.8 Å². The summed E-state index contributed by atoms with van der Waals surface area (Å²) in [6, 6.07) is 9.15. The molecule has 0 bridgehead atoms. The Hall–Kier alpha value is -3.17. The zero-order valence-electron chi connectivity index (χ0n) is 16.6. The summed E-state index contributed by atoms with van der Waals surface area (Å²) in [5.74, 6) is -2.75. The van der Waals surface area contributed by atoms with Crippen molar-refractivity contribution in [2.45, 2.75) is 39.5 Å². The second kappa shape index (κ2) is 7.02. The standard InChI is InChI=1S/C23H22F2N4/c1-22(2,3)13-4-6-15-17(8-13)20(16-7-5-14(24)9-19(16)25)23(11-27,12-28)21(29)18(15)10-26/h5-7,9,13,17,20H,4,8,29H2,1-3H3/t13-,17-,20-/m1/s1. The number of halogens is 2. The molecule has 0 saturated heterocycles. The zero-order valence-corrected chi connectivity index (χ0v) is 16.6. The molecule has 0 spiro atoms. The number of hydrogen-bond acceptors (Lipinski definition) is 4. The highest BCUT2D eigenvalue weighted by atomic mass is 19.1. The van der Waals surface area contributed by atoms with E-state index in [1.165, 1.54) is 6.07 Å². The van der Waals surface area contributed by atoms with Crippen LogP contribution in [-0.4, -0.2) is 0 Å². The summed E-state index contributed by atoms with van der Waals surface area (Å²) in [6.45, 7) is 6.30. The molecule has 6 heteroatoms. The number of fused-ring (bicyclic) bond motifs is 1. The van der Waals surface area contributed by atoms with Gasteiger partial charge >= 0.3 is 0 Å². The lowest BCUT2D eigenvalue weighted by Crippen LogP contribution is -2.44. The van der Waals surface area contributed by atoms with Crippen molar-refractivity contribution in [2.75, 3.05) is 0 Å². The third-order valence-electron chi connectivity index (χ3n) is 6.40. The van der Waals surface area contributed by atoms with E-state index in [9.17, 15) is 24.6 Å². The number of rotatable bonds is 1. The average Bonchev–Trinajstić information content (AvgIpc) is 2.67. The van der Waals surface area contributed by atoms with Gasteiger partial charge < -0.3 is 5.73 Å². The Balaban J connectivity index is 2.34. The van der Waals surface area contributed by atoms with Crippen molar-refractivity contribution in [1.29, 1.82) is 15.8 Å². The highest BCUT2D eigenvalue weighted by Crippen LogP contribution is 2.58. The fourth-order valence-electron chi connectivity index (χ4n) is 4.70. The lowest BCUT2D eigenvalue weighted by molar-refractivity contribution is 0.169. The van der Waals surface area contributed by atoms with Gasteiger partial charge in [0.05, 0.1) is 23.4 Å². The minimum atomic E-state index is -1.91. The smallest absolute Gasteiger partial charge is 0.191 e. The van der Waals surface area contributed by atoms with Crippen LogP contribution in [0, 0.1) is 68.3 Å². The predicted octanol–water partition coefficient (Wildman–Crippen LogP) is 4.83. The topological polar surface area (TPSA) is 97.4 Å². The first kappa shape index (κ1) is 20.6. The molecule has 0 amide bonds. The van der Waals surface area contributed by atoms with Crippen LogP contribution in [0.1, 0.15) is 45.1 Å². The number of hydrogen-bond donors (Lipinski definition) is 1. The quantitative estimate of drug-likeness (QED) is 0.740. The van der Waals surface area contributed by atoms with Crippen molar-refractivity contribution in [3.05, 3.63) is 58.3 Å². The summed E-state index contributed by atoms with van der Waals surface area (Å²) in [4.78, 5) is 0. The van der Waals surface area contributed by atoms with Gasteiger partial charge in [-0.05, 0) is 47.3 Å². The first-order valence-corrected chi connectivity index (χ1v) is 9.49. The number of nitriles is 3. The molecule has 4 nitrogen and oxygen atoms in total. The Bertz CT molecular complexity index is 1030. The first-order chi connectivity index (χ1) is 13.6. The van der Waals surface area contributed by atoms with Gasteiger partial charge in [0.2, 0.25) is 0 Å². The Morgan fingerprint density at radius 2 is 1.79 bits per heavy atom. The van der Waals surface area contributed by atoms with Gasteiger partial charge in [-0.1, -0.05) is 32.9 Å². The molecule has 148 valence electrons. The number of nitrogens with zero attached hydrogens (tertiary/aromatic N) is 3. The predicted molar refractivity (Wildman–Crippen MR) is 103 cm³/mol. The van der Waals surface area contributed by atoms with E-state index >= 15 is 0 Å². The third-order valence-corrected chi connectivity index (χ3v) is 6.40. The van der Waals surface area contributed by atoms with Crippen molar-refractivity contribution in [1.82, 2.24) is 0 Å². The minimum absolute atomic E-state index is 0.0601. The fraction of sp³-hybridized carbons (Fsp3) is 0.435. The molecule has 0 aromatic heterocycles. The van der Waals surface area contributed by atoms with Crippen molar-refractivity contribution >= 4 is 0 Å². The Morgan fingerprint density at radius 3 is 2.31 bits per heavy atom. The number of benzene rings is 1. The van der Waals surface area contributed by atoms with Crippen LogP contribution in [-0.2, 0) is 0 Å². The van der Waals surface area contributed by atoms with Crippen molar-refractivity contribution in [3.8, 4) is 18.2 Å². The van der Waals surface area contributed by atoms with Crippen molar-refractivity contribution in [2.24, 2.45) is 28.4 Å². The summed E-state index contributed by atoms with van der Waals surface area (Å²) in [5.41, 5.74) is 4.92. The summed E-state index contributed by atoms with van der Waals surface area (Å²) in [6.07, 6.45) is 3.22. The molecule has 0 aliphatic heterocycles. The zero-order chi connectivity index (χ0) is 21.6. The second-order valence-corrected chi connectivity index (χ2v) is 8.88. The van der Waals surface area contributed by atoms with Crippen LogP contribution in [0.25, 0.3) is 0 Å². The molecule has 2 aliphatic carbocycles. The van der Waals surface area contributed by atoms with Crippen molar-refractivity contribution < 1.29 is 8.78 Å². The Kier molecular flexibility index (Phi) is 4.97. The number of allylic oxidation sites excluding steroid dienone is 4. The van der Waals surface area contributed by atoms with E-state index in [-0.39, 0.29) is 28.2 Å². The molecular formula is C23H22F2N4. The molecule has 3 rings (SSSR count). The first-order valence-electron chi connectivity index (χ1n) is 9.49.